The number of Topliss-reactive ketones (excluding diaryl/α,β-unsaturated/α-hetero) is 1. The number of urea groups is 1. The number of amides is 4. The van der Waals surface area contributed by atoms with Gasteiger partial charge in [-0.2, -0.15) is 0 Å². The highest BCUT2D eigenvalue weighted by Gasteiger charge is 2.45. The van der Waals surface area contributed by atoms with Crippen LogP contribution in [-0.2, 0) is 16.1 Å². The number of imide groups is 2. The van der Waals surface area contributed by atoms with E-state index in [1.165, 1.54) is 12.0 Å². The Morgan fingerprint density at radius 1 is 1.03 bits per heavy atom. The predicted octanol–water partition coefficient (Wildman–Crippen LogP) is 3.38. The molecule has 0 N–H and O–H groups in total. The first-order chi connectivity index (χ1) is 13.8. The minimum Gasteiger partial charge on any atom is -0.348 e. The van der Waals surface area contributed by atoms with Crippen molar-refractivity contribution in [2.24, 2.45) is 0 Å². The van der Waals surface area contributed by atoms with Crippen LogP contribution in [0.1, 0.15) is 67.2 Å². The maximum Gasteiger partial charge on any atom is 0.334 e. The molecule has 0 bridgehead atoms. The summed E-state index contributed by atoms with van der Waals surface area (Å²) in [5.74, 6) is -2.08. The molecule has 7 nitrogen and oxygen atoms in total. The van der Waals surface area contributed by atoms with Crippen molar-refractivity contribution < 1.29 is 19.2 Å². The molecule has 156 valence electrons. The molecule has 2 aliphatic rings. The van der Waals surface area contributed by atoms with Gasteiger partial charge in [-0.1, -0.05) is 18.6 Å². The molecule has 29 heavy (non-hydrogen) atoms. The molecule has 0 spiro atoms. The van der Waals surface area contributed by atoms with Gasteiger partial charge in [0.1, 0.15) is 0 Å². The number of carbonyl (C=O) groups is 4. The minimum atomic E-state index is -0.914. The van der Waals surface area contributed by atoms with Crippen LogP contribution < -0.4 is 0 Å². The van der Waals surface area contributed by atoms with E-state index in [0.717, 1.165) is 53.4 Å². The fraction of sp³-hybridized carbons (Fsp3) is 0.545. The molecule has 4 amide bonds. The van der Waals surface area contributed by atoms with Gasteiger partial charge in [-0.05, 0) is 58.4 Å². The van der Waals surface area contributed by atoms with Crippen molar-refractivity contribution in [2.75, 3.05) is 13.1 Å². The first-order valence-corrected chi connectivity index (χ1v) is 10.4. The van der Waals surface area contributed by atoms with Gasteiger partial charge in [0.2, 0.25) is 0 Å². The number of hydrogen-bond donors (Lipinski definition) is 0. The van der Waals surface area contributed by atoms with Crippen LogP contribution >= 0.6 is 0 Å². The molecule has 1 aromatic rings. The number of carbonyl (C=O) groups excluding carboxylic acids is 4. The number of hydrogen-bond acceptors (Lipinski definition) is 4. The van der Waals surface area contributed by atoms with E-state index in [-0.39, 0.29) is 12.3 Å². The summed E-state index contributed by atoms with van der Waals surface area (Å²) in [4.78, 5) is 51.9. The summed E-state index contributed by atoms with van der Waals surface area (Å²) in [7, 11) is 0. The van der Waals surface area contributed by atoms with Gasteiger partial charge in [-0.3, -0.25) is 19.3 Å². The Bertz CT molecular complexity index is 881. The van der Waals surface area contributed by atoms with Crippen LogP contribution in [0, 0.1) is 13.8 Å². The second-order valence-corrected chi connectivity index (χ2v) is 7.85. The molecule has 2 heterocycles. The molecule has 1 aromatic heterocycles. The van der Waals surface area contributed by atoms with Crippen molar-refractivity contribution in [1.82, 2.24) is 14.4 Å². The van der Waals surface area contributed by atoms with E-state index >= 15 is 0 Å². The van der Waals surface area contributed by atoms with Crippen molar-refractivity contribution >= 4 is 23.6 Å². The van der Waals surface area contributed by atoms with Crippen LogP contribution in [0.15, 0.2) is 17.7 Å². The van der Waals surface area contributed by atoms with Crippen LogP contribution in [-0.4, -0.2) is 51.1 Å². The smallest absolute Gasteiger partial charge is 0.334 e. The molecule has 1 aliphatic heterocycles. The Morgan fingerprint density at radius 2 is 1.76 bits per heavy atom. The van der Waals surface area contributed by atoms with Gasteiger partial charge in [0, 0.05) is 30.0 Å². The normalized spacial score (nSPS) is 17.3. The van der Waals surface area contributed by atoms with Crippen molar-refractivity contribution in [3.8, 4) is 0 Å². The van der Waals surface area contributed by atoms with E-state index in [1.807, 2.05) is 13.8 Å². The zero-order chi connectivity index (χ0) is 21.1. The molecule has 7 heteroatoms. The third-order valence-electron chi connectivity index (χ3n) is 5.80. The highest BCUT2D eigenvalue weighted by Crippen LogP contribution is 2.23. The van der Waals surface area contributed by atoms with Gasteiger partial charge in [0.05, 0.1) is 6.54 Å². The third-order valence-corrected chi connectivity index (χ3v) is 5.80. The lowest BCUT2D eigenvalue weighted by molar-refractivity contribution is -0.143. The van der Waals surface area contributed by atoms with Crippen molar-refractivity contribution in [3.05, 3.63) is 34.7 Å². The monoisotopic (exact) mass is 399 g/mol. The molecule has 3 rings (SSSR count). The molecular formula is C22H29N3O4. The molecule has 0 atom stereocenters. The Labute approximate surface area is 171 Å². The lowest BCUT2D eigenvalue weighted by Gasteiger charge is -2.17. The average molecular weight is 399 g/mol. The maximum absolute atomic E-state index is 12.8. The van der Waals surface area contributed by atoms with Crippen LogP contribution in [0.3, 0.4) is 0 Å². The summed E-state index contributed by atoms with van der Waals surface area (Å²) in [6, 6.07) is 1.10. The SMILES string of the molecule is CCCn1c(C)cc(C(=O)CN2C(=O)C(=O)N(CCC3=CCCCC3)C2=O)c1C. The van der Waals surface area contributed by atoms with Crippen LogP contribution in [0.5, 0.6) is 0 Å². The quantitative estimate of drug-likeness (QED) is 0.290. The Hall–Kier alpha value is -2.70. The van der Waals surface area contributed by atoms with E-state index in [4.69, 9.17) is 0 Å². The van der Waals surface area contributed by atoms with E-state index in [9.17, 15) is 19.2 Å². The number of nitrogens with zero attached hydrogens (tertiary/aromatic N) is 3. The Balaban J connectivity index is 1.69. The van der Waals surface area contributed by atoms with Gasteiger partial charge < -0.3 is 4.57 Å². The second kappa shape index (κ2) is 8.76. The van der Waals surface area contributed by atoms with Crippen molar-refractivity contribution in [2.45, 2.75) is 65.8 Å². The molecule has 1 fully saturated rings. The molecule has 0 radical (unpaired) electrons. The third kappa shape index (κ3) is 4.18. The molecular weight excluding hydrogens is 370 g/mol. The van der Waals surface area contributed by atoms with Crippen molar-refractivity contribution in [3.63, 3.8) is 0 Å². The van der Waals surface area contributed by atoms with Crippen LogP contribution in [0.4, 0.5) is 4.79 Å². The maximum atomic E-state index is 12.8. The molecule has 0 unspecified atom stereocenters. The molecule has 0 saturated carbocycles. The topological polar surface area (TPSA) is 79.7 Å². The van der Waals surface area contributed by atoms with E-state index < -0.39 is 24.4 Å². The van der Waals surface area contributed by atoms with Gasteiger partial charge >= 0.3 is 17.8 Å². The number of aromatic nitrogens is 1. The second-order valence-electron chi connectivity index (χ2n) is 7.85. The van der Waals surface area contributed by atoms with E-state index in [1.54, 1.807) is 6.07 Å². The van der Waals surface area contributed by atoms with Gasteiger partial charge in [-0.25, -0.2) is 9.69 Å². The van der Waals surface area contributed by atoms with Crippen LogP contribution in [0.25, 0.3) is 0 Å². The summed E-state index contributed by atoms with van der Waals surface area (Å²) in [6.07, 6.45) is 7.95. The fourth-order valence-electron chi connectivity index (χ4n) is 4.15. The average Bonchev–Trinajstić information content (AvgIpc) is 3.10. The standard InChI is InChI=1S/C22H29N3O4/c1-4-11-23-15(2)13-18(16(23)3)19(26)14-25-21(28)20(27)24(22(25)29)12-10-17-8-6-5-7-9-17/h8,13H,4-7,9-12,14H2,1-3H3. The summed E-state index contributed by atoms with van der Waals surface area (Å²) in [5.41, 5.74) is 3.50. The van der Waals surface area contributed by atoms with E-state index in [2.05, 4.69) is 17.6 Å². The number of rotatable bonds is 8. The summed E-state index contributed by atoms with van der Waals surface area (Å²) in [5, 5.41) is 0. The van der Waals surface area contributed by atoms with Crippen molar-refractivity contribution in [1.29, 1.82) is 0 Å². The van der Waals surface area contributed by atoms with Gasteiger partial charge in [0.25, 0.3) is 0 Å². The number of ketones is 1. The Morgan fingerprint density at radius 3 is 2.41 bits per heavy atom. The van der Waals surface area contributed by atoms with Gasteiger partial charge in [0.15, 0.2) is 5.78 Å². The molecule has 0 aromatic carbocycles. The zero-order valence-corrected chi connectivity index (χ0v) is 17.5. The summed E-state index contributed by atoms with van der Waals surface area (Å²) in [6.45, 7) is 6.43. The minimum absolute atomic E-state index is 0.185. The van der Waals surface area contributed by atoms with E-state index in [0.29, 0.717) is 12.0 Å². The van der Waals surface area contributed by atoms with Gasteiger partial charge in [-0.15, -0.1) is 0 Å². The Kier molecular flexibility index (Phi) is 6.35. The first kappa shape index (κ1) is 21.0. The molecule has 1 saturated heterocycles. The summed E-state index contributed by atoms with van der Waals surface area (Å²) >= 11 is 0. The number of allylic oxidation sites excluding steroid dienone is 1. The highest BCUT2D eigenvalue weighted by atomic mass is 16.2. The summed E-state index contributed by atoms with van der Waals surface area (Å²) < 4.78 is 2.05. The van der Waals surface area contributed by atoms with Crippen LogP contribution in [0.2, 0.25) is 0 Å². The zero-order valence-electron chi connectivity index (χ0n) is 17.5. The predicted molar refractivity (Wildman–Crippen MR) is 109 cm³/mol. The fourth-order valence-corrected chi connectivity index (χ4v) is 4.15. The highest BCUT2D eigenvalue weighted by molar-refractivity contribution is 6.45. The largest absolute Gasteiger partial charge is 0.348 e. The number of aryl methyl sites for hydroxylation is 1. The lowest BCUT2D eigenvalue weighted by Crippen LogP contribution is -2.37. The molecule has 1 aliphatic carbocycles. The first-order valence-electron chi connectivity index (χ1n) is 10.4. The lowest BCUT2D eigenvalue weighted by atomic mass is 9.97.